The molecule has 0 saturated carbocycles. The van der Waals surface area contributed by atoms with Crippen molar-refractivity contribution in [2.24, 2.45) is 5.73 Å². The SMILES string of the molecule is Cc1cccc([N+](=O)[O-])c1Oc1ccc(F)cc1C(C)N. The molecular weight excluding hydrogens is 275 g/mol. The van der Waals surface area contributed by atoms with Gasteiger partial charge in [-0.05, 0) is 37.6 Å². The highest BCUT2D eigenvalue weighted by Crippen LogP contribution is 2.37. The summed E-state index contributed by atoms with van der Waals surface area (Å²) in [6, 6.07) is 8.10. The minimum atomic E-state index is -0.516. The van der Waals surface area contributed by atoms with Crippen LogP contribution in [0, 0.1) is 22.9 Å². The highest BCUT2D eigenvalue weighted by atomic mass is 19.1. The quantitative estimate of drug-likeness (QED) is 0.685. The molecule has 5 nitrogen and oxygen atoms in total. The first-order valence-electron chi connectivity index (χ1n) is 6.37. The van der Waals surface area contributed by atoms with E-state index in [1.807, 2.05) is 0 Å². The largest absolute Gasteiger partial charge is 0.449 e. The van der Waals surface area contributed by atoms with Crippen LogP contribution in [0.4, 0.5) is 10.1 Å². The van der Waals surface area contributed by atoms with Crippen LogP contribution in [-0.4, -0.2) is 4.92 Å². The molecule has 2 aromatic carbocycles. The number of halogens is 1. The monoisotopic (exact) mass is 290 g/mol. The van der Waals surface area contributed by atoms with Crippen LogP contribution in [-0.2, 0) is 0 Å². The molecule has 2 aromatic rings. The van der Waals surface area contributed by atoms with Gasteiger partial charge in [0, 0.05) is 17.7 Å². The maximum atomic E-state index is 13.3. The van der Waals surface area contributed by atoms with E-state index in [4.69, 9.17) is 10.5 Å². The Kier molecular flexibility index (Phi) is 4.18. The average molecular weight is 290 g/mol. The zero-order valence-corrected chi connectivity index (χ0v) is 11.7. The fraction of sp³-hybridized carbons (Fsp3) is 0.200. The van der Waals surface area contributed by atoms with Crippen LogP contribution in [0.5, 0.6) is 11.5 Å². The lowest BCUT2D eigenvalue weighted by Crippen LogP contribution is -2.07. The lowest BCUT2D eigenvalue weighted by atomic mass is 10.1. The van der Waals surface area contributed by atoms with Crippen LogP contribution in [0.2, 0.25) is 0 Å². The first-order chi connectivity index (χ1) is 9.90. The molecule has 1 unspecified atom stereocenters. The summed E-state index contributed by atoms with van der Waals surface area (Å²) >= 11 is 0. The number of nitro benzene ring substituents is 1. The Morgan fingerprint density at radius 2 is 2.05 bits per heavy atom. The summed E-state index contributed by atoms with van der Waals surface area (Å²) < 4.78 is 19.0. The van der Waals surface area contributed by atoms with Gasteiger partial charge >= 0.3 is 5.69 Å². The summed E-state index contributed by atoms with van der Waals surface area (Å²) in [7, 11) is 0. The molecule has 6 heteroatoms. The Balaban J connectivity index is 2.51. The molecule has 0 aliphatic heterocycles. The van der Waals surface area contributed by atoms with Crippen LogP contribution < -0.4 is 10.5 Å². The number of para-hydroxylation sites is 1. The van der Waals surface area contributed by atoms with Crippen LogP contribution in [0.3, 0.4) is 0 Å². The van der Waals surface area contributed by atoms with Crippen molar-refractivity contribution >= 4 is 5.69 Å². The van der Waals surface area contributed by atoms with E-state index in [1.165, 1.54) is 24.3 Å². The highest BCUT2D eigenvalue weighted by Gasteiger charge is 2.20. The van der Waals surface area contributed by atoms with E-state index >= 15 is 0 Å². The van der Waals surface area contributed by atoms with Crippen LogP contribution >= 0.6 is 0 Å². The zero-order valence-electron chi connectivity index (χ0n) is 11.7. The van der Waals surface area contributed by atoms with Gasteiger partial charge < -0.3 is 10.5 Å². The molecule has 0 aliphatic carbocycles. The topological polar surface area (TPSA) is 78.4 Å². The minimum absolute atomic E-state index is 0.135. The van der Waals surface area contributed by atoms with Crippen molar-refractivity contribution in [3.05, 3.63) is 63.5 Å². The predicted molar refractivity (Wildman–Crippen MR) is 76.9 cm³/mol. The summed E-state index contributed by atoms with van der Waals surface area (Å²) in [4.78, 5) is 10.6. The smallest absolute Gasteiger partial charge is 0.311 e. The number of rotatable bonds is 4. The zero-order chi connectivity index (χ0) is 15.6. The maximum Gasteiger partial charge on any atom is 0.311 e. The molecule has 0 aliphatic rings. The minimum Gasteiger partial charge on any atom is -0.449 e. The number of ether oxygens (including phenoxy) is 1. The van der Waals surface area contributed by atoms with Crippen molar-refractivity contribution in [2.45, 2.75) is 19.9 Å². The molecule has 21 heavy (non-hydrogen) atoms. The van der Waals surface area contributed by atoms with E-state index < -0.39 is 16.8 Å². The van der Waals surface area contributed by atoms with Crippen molar-refractivity contribution in [2.75, 3.05) is 0 Å². The number of aryl methyl sites for hydroxylation is 1. The fourth-order valence-corrected chi connectivity index (χ4v) is 1.99. The second-order valence-corrected chi connectivity index (χ2v) is 4.75. The lowest BCUT2D eigenvalue weighted by molar-refractivity contribution is -0.385. The molecule has 0 bridgehead atoms. The third kappa shape index (κ3) is 3.17. The van der Waals surface area contributed by atoms with E-state index in [0.717, 1.165) is 0 Å². The average Bonchev–Trinajstić information content (AvgIpc) is 2.42. The second-order valence-electron chi connectivity index (χ2n) is 4.75. The molecule has 0 spiro atoms. The predicted octanol–water partition coefficient (Wildman–Crippen LogP) is 3.85. The van der Waals surface area contributed by atoms with Gasteiger partial charge in [-0.1, -0.05) is 12.1 Å². The van der Waals surface area contributed by atoms with E-state index in [2.05, 4.69) is 0 Å². The molecule has 0 saturated heterocycles. The van der Waals surface area contributed by atoms with Gasteiger partial charge in [0.25, 0.3) is 0 Å². The van der Waals surface area contributed by atoms with Gasteiger partial charge in [0.1, 0.15) is 11.6 Å². The summed E-state index contributed by atoms with van der Waals surface area (Å²) in [5.41, 5.74) is 6.72. The van der Waals surface area contributed by atoms with Crippen LogP contribution in [0.15, 0.2) is 36.4 Å². The highest BCUT2D eigenvalue weighted by molar-refractivity contribution is 5.54. The van der Waals surface area contributed by atoms with Crippen LogP contribution in [0.25, 0.3) is 0 Å². The number of nitrogens with two attached hydrogens (primary N) is 1. The third-order valence-corrected chi connectivity index (χ3v) is 3.06. The van der Waals surface area contributed by atoms with Crippen molar-refractivity contribution in [3.63, 3.8) is 0 Å². The Bertz CT molecular complexity index is 687. The van der Waals surface area contributed by atoms with Crippen molar-refractivity contribution in [1.29, 1.82) is 0 Å². The standard InChI is InChI=1S/C15H15FN2O3/c1-9-4-3-5-13(18(19)20)15(9)21-14-7-6-11(16)8-12(14)10(2)17/h3-8,10H,17H2,1-2H3. The normalized spacial score (nSPS) is 12.0. The van der Waals surface area contributed by atoms with Gasteiger partial charge in [-0.3, -0.25) is 10.1 Å². The van der Waals surface area contributed by atoms with Gasteiger partial charge in [-0.2, -0.15) is 0 Å². The van der Waals surface area contributed by atoms with Gasteiger partial charge in [0.2, 0.25) is 5.75 Å². The van der Waals surface area contributed by atoms with E-state index in [0.29, 0.717) is 16.9 Å². The fourth-order valence-electron chi connectivity index (χ4n) is 1.99. The number of benzene rings is 2. The molecule has 1 atom stereocenters. The summed E-state index contributed by atoms with van der Waals surface area (Å²) in [5.74, 6) is 0.00809. The molecule has 0 aromatic heterocycles. The molecule has 0 heterocycles. The van der Waals surface area contributed by atoms with Gasteiger partial charge in [-0.25, -0.2) is 4.39 Å². The van der Waals surface area contributed by atoms with E-state index in [1.54, 1.807) is 26.0 Å². The van der Waals surface area contributed by atoms with Gasteiger partial charge in [0.05, 0.1) is 4.92 Å². The van der Waals surface area contributed by atoms with Gasteiger partial charge in [-0.15, -0.1) is 0 Å². The molecule has 0 amide bonds. The van der Waals surface area contributed by atoms with Crippen molar-refractivity contribution in [3.8, 4) is 11.5 Å². The number of hydrogen-bond acceptors (Lipinski definition) is 4. The summed E-state index contributed by atoms with van der Waals surface area (Å²) in [6.07, 6.45) is 0. The first kappa shape index (κ1) is 14.9. The van der Waals surface area contributed by atoms with Crippen molar-refractivity contribution in [1.82, 2.24) is 0 Å². The second kappa shape index (κ2) is 5.88. The Morgan fingerprint density at radius 3 is 2.67 bits per heavy atom. The first-order valence-corrected chi connectivity index (χ1v) is 6.37. The van der Waals surface area contributed by atoms with E-state index in [-0.39, 0.29) is 11.4 Å². The number of nitro groups is 1. The third-order valence-electron chi connectivity index (χ3n) is 3.06. The molecule has 110 valence electrons. The van der Waals surface area contributed by atoms with Gasteiger partial charge in [0.15, 0.2) is 0 Å². The molecular formula is C15H15FN2O3. The molecule has 2 N–H and O–H groups in total. The molecule has 2 rings (SSSR count). The number of nitrogens with zero attached hydrogens (tertiary/aromatic N) is 1. The maximum absolute atomic E-state index is 13.3. The molecule has 0 radical (unpaired) electrons. The molecule has 0 fully saturated rings. The Hall–Kier alpha value is -2.47. The lowest BCUT2D eigenvalue weighted by Gasteiger charge is -2.15. The number of hydrogen-bond donors (Lipinski definition) is 1. The Labute approximate surface area is 121 Å². The van der Waals surface area contributed by atoms with Crippen LogP contribution in [0.1, 0.15) is 24.1 Å². The summed E-state index contributed by atoms with van der Waals surface area (Å²) in [5, 5.41) is 11.1. The van der Waals surface area contributed by atoms with E-state index in [9.17, 15) is 14.5 Å². The summed E-state index contributed by atoms with van der Waals surface area (Å²) in [6.45, 7) is 3.39. The Morgan fingerprint density at radius 1 is 1.33 bits per heavy atom. The van der Waals surface area contributed by atoms with Crippen molar-refractivity contribution < 1.29 is 14.1 Å².